The number of anilines is 1. The largest absolute Gasteiger partial charge is 0.352 e. The molecule has 0 bridgehead atoms. The Morgan fingerprint density at radius 3 is 2.57 bits per heavy atom. The molecule has 2 N–H and O–H groups in total. The van der Waals surface area contributed by atoms with Crippen LogP contribution in [-0.2, 0) is 17.8 Å². The highest BCUT2D eigenvalue weighted by Crippen LogP contribution is 2.22. The van der Waals surface area contributed by atoms with Gasteiger partial charge in [0.15, 0.2) is 0 Å². The first kappa shape index (κ1) is 20.1. The molecule has 0 spiro atoms. The molecule has 156 valence electrons. The van der Waals surface area contributed by atoms with Crippen LogP contribution in [0.5, 0.6) is 0 Å². The molecule has 2 aromatic heterocycles. The van der Waals surface area contributed by atoms with Crippen LogP contribution in [0.15, 0.2) is 42.5 Å². The van der Waals surface area contributed by atoms with Crippen molar-refractivity contribution < 1.29 is 4.79 Å². The van der Waals surface area contributed by atoms with Crippen LogP contribution >= 0.6 is 0 Å². The van der Waals surface area contributed by atoms with E-state index in [0.717, 1.165) is 60.2 Å². The lowest BCUT2D eigenvalue weighted by Gasteiger charge is -2.31. The highest BCUT2D eigenvalue weighted by atomic mass is 16.1. The normalized spacial score (nSPS) is 14.7. The molecule has 1 saturated heterocycles. The van der Waals surface area contributed by atoms with Crippen LogP contribution in [0.25, 0.3) is 0 Å². The van der Waals surface area contributed by atoms with E-state index in [1.807, 2.05) is 56.3 Å². The molecule has 1 fully saturated rings. The number of aromatic amines is 1. The summed E-state index contributed by atoms with van der Waals surface area (Å²) in [5.74, 6) is 0.930. The van der Waals surface area contributed by atoms with Crippen molar-refractivity contribution in [2.45, 2.75) is 39.7 Å². The minimum Gasteiger partial charge on any atom is -0.352 e. The van der Waals surface area contributed by atoms with Crippen molar-refractivity contribution in [3.8, 4) is 0 Å². The van der Waals surface area contributed by atoms with Crippen molar-refractivity contribution in [2.24, 2.45) is 5.92 Å². The van der Waals surface area contributed by atoms with Gasteiger partial charge >= 0.3 is 0 Å². The molecule has 7 nitrogen and oxygen atoms in total. The average molecular weight is 405 g/mol. The van der Waals surface area contributed by atoms with Crippen LogP contribution in [0.3, 0.4) is 0 Å². The summed E-state index contributed by atoms with van der Waals surface area (Å²) in [6, 6.07) is 14.1. The second-order valence-electron chi connectivity index (χ2n) is 7.98. The number of benzene rings is 1. The fourth-order valence-corrected chi connectivity index (χ4v) is 3.87. The molecule has 30 heavy (non-hydrogen) atoms. The molecule has 4 rings (SSSR count). The van der Waals surface area contributed by atoms with E-state index in [1.54, 1.807) is 0 Å². The Bertz CT molecular complexity index is 992. The third-order valence-corrected chi connectivity index (χ3v) is 5.47. The summed E-state index contributed by atoms with van der Waals surface area (Å²) in [4.78, 5) is 24.1. The van der Waals surface area contributed by atoms with Gasteiger partial charge < -0.3 is 10.2 Å². The Hall–Kier alpha value is -3.22. The van der Waals surface area contributed by atoms with Gasteiger partial charge in [-0.1, -0.05) is 30.3 Å². The Balaban J connectivity index is 1.33. The van der Waals surface area contributed by atoms with E-state index in [0.29, 0.717) is 13.0 Å². The first-order chi connectivity index (χ1) is 14.6. The van der Waals surface area contributed by atoms with E-state index >= 15 is 0 Å². The standard InChI is InChI=1S/C23H28N6O/c1-16-12-20(14-21-13-17(2)27-28-21)26-23(25-16)29-10-8-19(9-11-29)22(30)24-15-18-6-4-3-5-7-18/h3-7,12-13,19H,8-11,14-15H2,1-2H3,(H,24,30)(H,27,28). The number of aryl methyl sites for hydroxylation is 2. The molecule has 0 unspecified atom stereocenters. The maximum atomic E-state index is 12.6. The lowest BCUT2D eigenvalue weighted by atomic mass is 9.96. The highest BCUT2D eigenvalue weighted by molar-refractivity contribution is 5.78. The van der Waals surface area contributed by atoms with Crippen molar-refractivity contribution in [1.82, 2.24) is 25.5 Å². The van der Waals surface area contributed by atoms with Crippen LogP contribution in [0.4, 0.5) is 5.95 Å². The molecule has 3 aromatic rings. The second-order valence-corrected chi connectivity index (χ2v) is 7.98. The van der Waals surface area contributed by atoms with Gasteiger partial charge in [0.1, 0.15) is 0 Å². The SMILES string of the molecule is Cc1cc(Cc2cc(C)[nH]n2)nc(N2CCC(C(=O)NCc3ccccc3)CC2)n1. The van der Waals surface area contributed by atoms with E-state index in [-0.39, 0.29) is 11.8 Å². The first-order valence-electron chi connectivity index (χ1n) is 10.5. The highest BCUT2D eigenvalue weighted by Gasteiger charge is 2.26. The van der Waals surface area contributed by atoms with Gasteiger partial charge in [-0.25, -0.2) is 9.97 Å². The molecule has 7 heteroatoms. The predicted octanol–water partition coefficient (Wildman–Crippen LogP) is 2.94. The quantitative estimate of drug-likeness (QED) is 0.660. The van der Waals surface area contributed by atoms with E-state index in [9.17, 15) is 4.79 Å². The van der Waals surface area contributed by atoms with Crippen LogP contribution < -0.4 is 10.2 Å². The Morgan fingerprint density at radius 1 is 1.10 bits per heavy atom. The summed E-state index contributed by atoms with van der Waals surface area (Å²) in [6.45, 7) is 6.14. The van der Waals surface area contributed by atoms with E-state index in [2.05, 4.69) is 25.4 Å². The molecule has 0 radical (unpaired) electrons. The monoisotopic (exact) mass is 404 g/mol. The van der Waals surface area contributed by atoms with Gasteiger partial charge in [-0.2, -0.15) is 5.10 Å². The van der Waals surface area contributed by atoms with E-state index < -0.39 is 0 Å². The number of carbonyl (C=O) groups is 1. The average Bonchev–Trinajstić information content (AvgIpc) is 3.17. The fraction of sp³-hybridized carbons (Fsp3) is 0.391. The smallest absolute Gasteiger partial charge is 0.225 e. The van der Waals surface area contributed by atoms with Gasteiger partial charge in [-0.15, -0.1) is 0 Å². The van der Waals surface area contributed by atoms with E-state index in [1.165, 1.54) is 0 Å². The zero-order valence-electron chi connectivity index (χ0n) is 17.6. The van der Waals surface area contributed by atoms with Gasteiger partial charge in [0.25, 0.3) is 0 Å². The molecule has 1 amide bonds. The number of piperidine rings is 1. The predicted molar refractivity (Wildman–Crippen MR) is 116 cm³/mol. The van der Waals surface area contributed by atoms with Gasteiger partial charge in [0.2, 0.25) is 11.9 Å². The lowest BCUT2D eigenvalue weighted by molar-refractivity contribution is -0.125. The Kier molecular flexibility index (Phi) is 6.07. The van der Waals surface area contributed by atoms with Crippen molar-refractivity contribution in [3.05, 3.63) is 70.8 Å². The molecule has 0 saturated carbocycles. The third-order valence-electron chi connectivity index (χ3n) is 5.47. The minimum atomic E-state index is 0.0428. The maximum absolute atomic E-state index is 12.6. The van der Waals surface area contributed by atoms with Gasteiger partial charge in [0.05, 0.1) is 11.4 Å². The topological polar surface area (TPSA) is 86.8 Å². The zero-order valence-corrected chi connectivity index (χ0v) is 17.6. The van der Waals surface area contributed by atoms with E-state index in [4.69, 9.17) is 4.98 Å². The molecule has 1 aliphatic rings. The number of amides is 1. The number of aromatic nitrogens is 4. The van der Waals surface area contributed by atoms with Crippen molar-refractivity contribution in [2.75, 3.05) is 18.0 Å². The van der Waals surface area contributed by atoms with Crippen LogP contribution in [0.2, 0.25) is 0 Å². The molecular formula is C23H28N6O. The summed E-state index contributed by atoms with van der Waals surface area (Å²) in [6.07, 6.45) is 2.30. The van der Waals surface area contributed by atoms with Gasteiger partial charge in [-0.3, -0.25) is 9.89 Å². The number of hydrogen-bond acceptors (Lipinski definition) is 5. The molecule has 3 heterocycles. The third kappa shape index (κ3) is 5.03. The number of nitrogens with one attached hydrogen (secondary N) is 2. The maximum Gasteiger partial charge on any atom is 0.225 e. The number of H-pyrrole nitrogens is 1. The Labute approximate surface area is 176 Å². The van der Waals surface area contributed by atoms with Gasteiger partial charge in [0, 0.05) is 43.4 Å². The molecule has 0 atom stereocenters. The first-order valence-corrected chi connectivity index (χ1v) is 10.5. The Morgan fingerprint density at radius 2 is 1.87 bits per heavy atom. The number of hydrogen-bond donors (Lipinski definition) is 2. The minimum absolute atomic E-state index is 0.0428. The molecule has 1 aliphatic heterocycles. The number of carbonyl (C=O) groups excluding carboxylic acids is 1. The molecular weight excluding hydrogens is 376 g/mol. The fourth-order valence-electron chi connectivity index (χ4n) is 3.87. The molecule has 1 aromatic carbocycles. The van der Waals surface area contributed by atoms with Crippen LogP contribution in [0, 0.1) is 19.8 Å². The number of nitrogens with zero attached hydrogens (tertiary/aromatic N) is 4. The molecule has 0 aliphatic carbocycles. The summed E-state index contributed by atoms with van der Waals surface area (Å²) < 4.78 is 0. The zero-order chi connectivity index (χ0) is 20.9. The summed E-state index contributed by atoms with van der Waals surface area (Å²) in [5, 5.41) is 10.4. The summed E-state index contributed by atoms with van der Waals surface area (Å²) in [5.41, 5.74) is 5.06. The van der Waals surface area contributed by atoms with Gasteiger partial charge in [-0.05, 0) is 44.4 Å². The van der Waals surface area contributed by atoms with Crippen LogP contribution in [0.1, 0.15) is 41.2 Å². The number of rotatable bonds is 6. The summed E-state index contributed by atoms with van der Waals surface area (Å²) >= 11 is 0. The summed E-state index contributed by atoms with van der Waals surface area (Å²) in [7, 11) is 0. The van der Waals surface area contributed by atoms with Crippen LogP contribution in [-0.4, -0.2) is 39.2 Å². The lowest BCUT2D eigenvalue weighted by Crippen LogP contribution is -2.41. The van der Waals surface area contributed by atoms with Crippen molar-refractivity contribution in [1.29, 1.82) is 0 Å². The van der Waals surface area contributed by atoms with Crippen molar-refractivity contribution >= 4 is 11.9 Å². The second kappa shape index (κ2) is 9.07. The van der Waals surface area contributed by atoms with Crippen molar-refractivity contribution in [3.63, 3.8) is 0 Å².